The van der Waals surface area contributed by atoms with Crippen LogP contribution in [0.15, 0.2) is 42.5 Å². The molecule has 184 valence electrons. The van der Waals surface area contributed by atoms with Crippen LogP contribution in [0.2, 0.25) is 0 Å². The molecule has 2 aromatic carbocycles. The molecular formula is C27H30N2O6. The number of piperidine rings is 1. The topological polar surface area (TPSA) is 93.2 Å². The van der Waals surface area contributed by atoms with Crippen LogP contribution in [0.1, 0.15) is 76.2 Å². The minimum Gasteiger partial charge on any atom is -0.496 e. The number of imide groups is 1. The smallest absolute Gasteiger partial charge is 0.342 e. The molecule has 3 amide bonds. The summed E-state index contributed by atoms with van der Waals surface area (Å²) in [5, 5.41) is 0. The van der Waals surface area contributed by atoms with E-state index in [-0.39, 0.29) is 41.6 Å². The van der Waals surface area contributed by atoms with Crippen LogP contribution in [0.25, 0.3) is 0 Å². The lowest BCUT2D eigenvalue weighted by Gasteiger charge is -2.36. The van der Waals surface area contributed by atoms with Crippen molar-refractivity contribution in [2.45, 2.75) is 58.2 Å². The minimum absolute atomic E-state index is 0.00291. The summed E-state index contributed by atoms with van der Waals surface area (Å²) in [6, 6.07) is 11.6. The van der Waals surface area contributed by atoms with Gasteiger partial charge in [0, 0.05) is 12.6 Å². The van der Waals surface area contributed by atoms with E-state index in [1.807, 2.05) is 4.90 Å². The zero-order valence-electron chi connectivity index (χ0n) is 20.3. The first-order valence-electron chi connectivity index (χ1n) is 12.0. The van der Waals surface area contributed by atoms with E-state index in [9.17, 15) is 19.2 Å². The Hall–Kier alpha value is -3.68. The highest BCUT2D eigenvalue weighted by molar-refractivity contribution is 6.21. The second kappa shape index (κ2) is 10.3. The third kappa shape index (κ3) is 4.78. The molecule has 0 aliphatic carbocycles. The number of benzene rings is 2. The lowest BCUT2D eigenvalue weighted by molar-refractivity contribution is -0.143. The first kappa shape index (κ1) is 24.4. The summed E-state index contributed by atoms with van der Waals surface area (Å²) in [6.45, 7) is 4.30. The number of fused-ring (bicyclic) bond motifs is 1. The normalized spacial score (nSPS) is 18.3. The molecule has 8 nitrogen and oxygen atoms in total. The zero-order chi connectivity index (χ0) is 25.1. The zero-order valence-corrected chi connectivity index (χ0v) is 20.3. The van der Waals surface area contributed by atoms with E-state index in [4.69, 9.17) is 9.47 Å². The Balaban J connectivity index is 1.50. The van der Waals surface area contributed by atoms with Crippen molar-refractivity contribution in [1.29, 1.82) is 0 Å². The van der Waals surface area contributed by atoms with Gasteiger partial charge in [-0.15, -0.1) is 0 Å². The van der Waals surface area contributed by atoms with E-state index in [0.29, 0.717) is 23.2 Å². The van der Waals surface area contributed by atoms with Gasteiger partial charge < -0.3 is 14.4 Å². The molecule has 1 saturated heterocycles. The monoisotopic (exact) mass is 478 g/mol. The average molecular weight is 479 g/mol. The van der Waals surface area contributed by atoms with Crippen LogP contribution < -0.4 is 4.74 Å². The van der Waals surface area contributed by atoms with Crippen molar-refractivity contribution in [3.63, 3.8) is 0 Å². The van der Waals surface area contributed by atoms with Crippen LogP contribution in [0, 0.1) is 0 Å². The number of esters is 1. The fourth-order valence-corrected chi connectivity index (χ4v) is 4.80. The van der Waals surface area contributed by atoms with E-state index in [1.165, 1.54) is 13.2 Å². The van der Waals surface area contributed by atoms with Gasteiger partial charge in [0.25, 0.3) is 17.7 Å². The summed E-state index contributed by atoms with van der Waals surface area (Å²) in [5.41, 5.74) is 1.42. The van der Waals surface area contributed by atoms with Crippen molar-refractivity contribution in [1.82, 2.24) is 9.80 Å². The van der Waals surface area contributed by atoms with E-state index in [2.05, 4.69) is 6.92 Å². The average Bonchev–Trinajstić information content (AvgIpc) is 3.13. The SMILES string of the molecule is CC[C@@H]1CCCCN1C(=O)[C@@H](C)OC(=O)c1cc(CN2C(=O)c3ccccc3C2=O)ccc1OC. The van der Waals surface area contributed by atoms with Crippen LogP contribution in [-0.2, 0) is 16.1 Å². The Morgan fingerprint density at radius 2 is 1.74 bits per heavy atom. The number of carbonyl (C=O) groups is 4. The molecule has 2 aliphatic heterocycles. The van der Waals surface area contributed by atoms with Gasteiger partial charge in [0.15, 0.2) is 6.10 Å². The summed E-state index contributed by atoms with van der Waals surface area (Å²) in [6.07, 6.45) is 2.90. The van der Waals surface area contributed by atoms with Gasteiger partial charge in [-0.2, -0.15) is 0 Å². The van der Waals surface area contributed by atoms with Crippen LogP contribution in [0.5, 0.6) is 5.75 Å². The molecule has 8 heteroatoms. The molecule has 0 N–H and O–H groups in total. The number of ether oxygens (including phenoxy) is 2. The number of nitrogens with zero attached hydrogens (tertiary/aromatic N) is 2. The maximum atomic E-state index is 13.0. The Kier molecular flexibility index (Phi) is 7.19. The molecule has 35 heavy (non-hydrogen) atoms. The van der Waals surface area contributed by atoms with Gasteiger partial charge in [0.1, 0.15) is 11.3 Å². The Morgan fingerprint density at radius 1 is 1.06 bits per heavy atom. The molecule has 2 atom stereocenters. The second-order valence-electron chi connectivity index (χ2n) is 8.91. The fraction of sp³-hybridized carbons (Fsp3) is 0.407. The van der Waals surface area contributed by atoms with E-state index < -0.39 is 12.1 Å². The van der Waals surface area contributed by atoms with Crippen molar-refractivity contribution in [3.05, 3.63) is 64.7 Å². The molecule has 4 rings (SSSR count). The van der Waals surface area contributed by atoms with Gasteiger partial charge in [0.2, 0.25) is 0 Å². The number of amides is 3. The number of carbonyl (C=O) groups excluding carboxylic acids is 4. The van der Waals surface area contributed by atoms with Crippen molar-refractivity contribution in [2.75, 3.05) is 13.7 Å². The van der Waals surface area contributed by atoms with Gasteiger partial charge in [-0.05, 0) is 62.4 Å². The number of hydrogen-bond donors (Lipinski definition) is 0. The van der Waals surface area contributed by atoms with Crippen molar-refractivity contribution in [2.24, 2.45) is 0 Å². The first-order chi connectivity index (χ1) is 16.8. The van der Waals surface area contributed by atoms with Crippen LogP contribution in [-0.4, -0.2) is 59.3 Å². The van der Waals surface area contributed by atoms with Crippen LogP contribution in [0.4, 0.5) is 0 Å². The van der Waals surface area contributed by atoms with Gasteiger partial charge in [-0.25, -0.2) is 4.79 Å². The molecule has 1 fully saturated rings. The summed E-state index contributed by atoms with van der Waals surface area (Å²) in [5.74, 6) is -1.37. The number of hydrogen-bond acceptors (Lipinski definition) is 6. The molecule has 0 unspecified atom stereocenters. The molecule has 0 radical (unpaired) electrons. The van der Waals surface area contributed by atoms with Gasteiger partial charge in [-0.3, -0.25) is 19.3 Å². The van der Waals surface area contributed by atoms with Crippen molar-refractivity contribution in [3.8, 4) is 5.75 Å². The van der Waals surface area contributed by atoms with Crippen molar-refractivity contribution < 1.29 is 28.7 Å². The molecule has 2 aromatic rings. The molecular weight excluding hydrogens is 448 g/mol. The molecule has 2 heterocycles. The maximum Gasteiger partial charge on any atom is 0.342 e. The predicted molar refractivity (Wildman–Crippen MR) is 128 cm³/mol. The first-order valence-corrected chi connectivity index (χ1v) is 12.0. The van der Waals surface area contributed by atoms with E-state index >= 15 is 0 Å². The largest absolute Gasteiger partial charge is 0.496 e. The third-order valence-corrected chi connectivity index (χ3v) is 6.72. The molecule has 0 saturated carbocycles. The summed E-state index contributed by atoms with van der Waals surface area (Å²) in [4.78, 5) is 54.5. The second-order valence-corrected chi connectivity index (χ2v) is 8.91. The van der Waals surface area contributed by atoms with Crippen LogP contribution >= 0.6 is 0 Å². The maximum absolute atomic E-state index is 13.0. The van der Waals surface area contributed by atoms with Crippen LogP contribution in [0.3, 0.4) is 0 Å². The summed E-state index contributed by atoms with van der Waals surface area (Å²) in [7, 11) is 1.43. The highest BCUT2D eigenvalue weighted by Gasteiger charge is 2.35. The Bertz CT molecular complexity index is 1130. The molecule has 0 bridgehead atoms. The van der Waals surface area contributed by atoms with Crippen molar-refractivity contribution >= 4 is 23.7 Å². The predicted octanol–water partition coefficient (Wildman–Crippen LogP) is 3.83. The highest BCUT2D eigenvalue weighted by atomic mass is 16.5. The highest BCUT2D eigenvalue weighted by Crippen LogP contribution is 2.27. The molecule has 0 aromatic heterocycles. The number of likely N-dealkylation sites (tertiary alicyclic amines) is 1. The minimum atomic E-state index is -0.945. The summed E-state index contributed by atoms with van der Waals surface area (Å²) >= 11 is 0. The lowest BCUT2D eigenvalue weighted by atomic mass is 9.99. The standard InChI is InChI=1S/C27H30N2O6/c1-4-19-9-7-8-14-28(19)24(30)17(2)35-27(33)22-15-18(12-13-23(22)34-3)16-29-25(31)20-10-5-6-11-21(20)26(29)32/h5-6,10-13,15,17,19H,4,7-9,14,16H2,1-3H3/t17-,19-/m1/s1. The fourth-order valence-electron chi connectivity index (χ4n) is 4.80. The lowest BCUT2D eigenvalue weighted by Crippen LogP contribution is -2.48. The van der Waals surface area contributed by atoms with Gasteiger partial charge >= 0.3 is 5.97 Å². The Morgan fingerprint density at radius 3 is 2.37 bits per heavy atom. The quantitative estimate of drug-likeness (QED) is 0.444. The van der Waals surface area contributed by atoms with Gasteiger partial charge in [-0.1, -0.05) is 25.1 Å². The number of methoxy groups -OCH3 is 1. The summed E-state index contributed by atoms with van der Waals surface area (Å²) < 4.78 is 10.9. The molecule has 0 spiro atoms. The number of rotatable bonds is 7. The van der Waals surface area contributed by atoms with E-state index in [0.717, 1.165) is 30.6 Å². The van der Waals surface area contributed by atoms with E-state index in [1.54, 1.807) is 43.3 Å². The molecule has 2 aliphatic rings. The van der Waals surface area contributed by atoms with Gasteiger partial charge in [0.05, 0.1) is 24.8 Å². The third-order valence-electron chi connectivity index (χ3n) is 6.72. The Labute approximate surface area is 204 Å².